The van der Waals surface area contributed by atoms with Crippen LogP contribution in [-0.4, -0.2) is 33.6 Å². The van der Waals surface area contributed by atoms with E-state index in [0.29, 0.717) is 25.2 Å². The van der Waals surface area contributed by atoms with Crippen molar-refractivity contribution in [1.82, 2.24) is 10.1 Å². The lowest BCUT2D eigenvalue weighted by Crippen LogP contribution is -2.31. The van der Waals surface area contributed by atoms with Crippen LogP contribution in [-0.2, 0) is 11.3 Å². The molecule has 1 aromatic heterocycles. The number of carbonyl (C=O) groups is 2. The highest BCUT2D eigenvalue weighted by Gasteiger charge is 2.20. The first kappa shape index (κ1) is 15.8. The van der Waals surface area contributed by atoms with Gasteiger partial charge in [0.15, 0.2) is 0 Å². The molecule has 0 aliphatic carbocycles. The Kier molecular flexibility index (Phi) is 5.30. The number of rotatable bonds is 7. The number of carboxylic acid groups (broad SMARTS) is 1. The van der Waals surface area contributed by atoms with Crippen LogP contribution in [0.2, 0.25) is 0 Å². The summed E-state index contributed by atoms with van der Waals surface area (Å²) in [7, 11) is 0. The molecule has 1 N–H and O–H groups in total. The van der Waals surface area contributed by atoms with E-state index < -0.39 is 5.97 Å². The number of carboxylic acids is 1. The lowest BCUT2D eigenvalue weighted by molar-refractivity contribution is -0.137. The summed E-state index contributed by atoms with van der Waals surface area (Å²) < 4.78 is 5.01. The average Bonchev–Trinajstić information content (AvgIpc) is 2.93. The normalized spacial score (nSPS) is 10.4. The van der Waals surface area contributed by atoms with Gasteiger partial charge in [-0.1, -0.05) is 35.5 Å². The minimum atomic E-state index is -0.873. The molecule has 0 saturated heterocycles. The van der Waals surface area contributed by atoms with Gasteiger partial charge in [-0.05, 0) is 18.9 Å². The van der Waals surface area contributed by atoms with Crippen LogP contribution in [0.1, 0.15) is 34.7 Å². The largest absolute Gasteiger partial charge is 0.481 e. The second-order valence-electron chi connectivity index (χ2n) is 5.04. The monoisotopic (exact) mass is 302 g/mol. The lowest BCUT2D eigenvalue weighted by atomic mass is 10.2. The molecule has 116 valence electrons. The van der Waals surface area contributed by atoms with Crippen molar-refractivity contribution in [3.8, 4) is 0 Å². The maximum Gasteiger partial charge on any atom is 0.303 e. The van der Waals surface area contributed by atoms with Crippen molar-refractivity contribution >= 4 is 11.9 Å². The number of amides is 1. The van der Waals surface area contributed by atoms with Crippen LogP contribution < -0.4 is 0 Å². The van der Waals surface area contributed by atoms with Crippen LogP contribution in [0.25, 0.3) is 0 Å². The molecule has 2 rings (SSSR count). The summed E-state index contributed by atoms with van der Waals surface area (Å²) >= 11 is 0. The Morgan fingerprint density at radius 2 is 2.00 bits per heavy atom. The van der Waals surface area contributed by atoms with E-state index >= 15 is 0 Å². The van der Waals surface area contributed by atoms with Crippen LogP contribution in [0.4, 0.5) is 0 Å². The van der Waals surface area contributed by atoms with E-state index in [1.54, 1.807) is 17.9 Å². The molecule has 0 spiro atoms. The van der Waals surface area contributed by atoms with Gasteiger partial charge in [-0.3, -0.25) is 9.59 Å². The van der Waals surface area contributed by atoms with Gasteiger partial charge in [-0.15, -0.1) is 0 Å². The molecular formula is C16H18N2O4. The van der Waals surface area contributed by atoms with Crippen molar-refractivity contribution in [2.45, 2.75) is 26.3 Å². The second kappa shape index (κ2) is 7.40. The standard InChI is InChI=1S/C16H18N2O4/c1-12-10-14(22-17-12)16(21)18(9-5-8-15(19)20)11-13-6-3-2-4-7-13/h2-4,6-7,10H,5,8-9,11H2,1H3,(H,19,20). The van der Waals surface area contributed by atoms with Crippen molar-refractivity contribution in [3.63, 3.8) is 0 Å². The molecule has 0 bridgehead atoms. The van der Waals surface area contributed by atoms with Crippen molar-refractivity contribution in [2.75, 3.05) is 6.54 Å². The summed E-state index contributed by atoms with van der Waals surface area (Å²) in [6, 6.07) is 11.1. The predicted molar refractivity (Wildman–Crippen MR) is 79.3 cm³/mol. The molecule has 0 aliphatic rings. The molecule has 2 aromatic rings. The maximum atomic E-state index is 12.5. The molecule has 1 amide bonds. The van der Waals surface area contributed by atoms with Gasteiger partial charge in [-0.2, -0.15) is 0 Å². The molecule has 1 heterocycles. The van der Waals surface area contributed by atoms with Gasteiger partial charge in [0.25, 0.3) is 5.91 Å². The van der Waals surface area contributed by atoms with Crippen molar-refractivity contribution < 1.29 is 19.2 Å². The number of benzene rings is 1. The highest BCUT2D eigenvalue weighted by Crippen LogP contribution is 2.12. The van der Waals surface area contributed by atoms with E-state index in [4.69, 9.17) is 9.63 Å². The Bertz CT molecular complexity index is 637. The van der Waals surface area contributed by atoms with Gasteiger partial charge in [0.05, 0.1) is 5.69 Å². The van der Waals surface area contributed by atoms with E-state index in [0.717, 1.165) is 5.56 Å². The van der Waals surface area contributed by atoms with E-state index in [-0.39, 0.29) is 18.1 Å². The quantitative estimate of drug-likeness (QED) is 0.849. The number of aryl methyl sites for hydroxylation is 1. The number of hydrogen-bond acceptors (Lipinski definition) is 4. The zero-order chi connectivity index (χ0) is 15.9. The summed E-state index contributed by atoms with van der Waals surface area (Å²) in [6.45, 7) is 2.49. The SMILES string of the molecule is Cc1cc(C(=O)N(CCCC(=O)O)Cc2ccccc2)on1. The van der Waals surface area contributed by atoms with Crippen molar-refractivity contribution in [1.29, 1.82) is 0 Å². The minimum absolute atomic E-state index is 0.0218. The average molecular weight is 302 g/mol. The molecule has 1 aromatic carbocycles. The van der Waals surface area contributed by atoms with E-state index in [2.05, 4.69) is 5.16 Å². The predicted octanol–water partition coefficient (Wildman–Crippen LogP) is 2.49. The van der Waals surface area contributed by atoms with Crippen LogP contribution in [0, 0.1) is 6.92 Å². The highest BCUT2D eigenvalue weighted by molar-refractivity contribution is 5.91. The zero-order valence-corrected chi connectivity index (χ0v) is 12.4. The number of hydrogen-bond donors (Lipinski definition) is 1. The minimum Gasteiger partial charge on any atom is -0.481 e. The summed E-state index contributed by atoms with van der Waals surface area (Å²) in [4.78, 5) is 24.7. The van der Waals surface area contributed by atoms with Gasteiger partial charge >= 0.3 is 5.97 Å². The second-order valence-corrected chi connectivity index (χ2v) is 5.04. The van der Waals surface area contributed by atoms with Gasteiger partial charge in [0.2, 0.25) is 5.76 Å². The van der Waals surface area contributed by atoms with E-state index in [1.165, 1.54) is 0 Å². The molecule has 0 fully saturated rings. The van der Waals surface area contributed by atoms with Gasteiger partial charge in [-0.25, -0.2) is 0 Å². The summed E-state index contributed by atoms with van der Waals surface area (Å²) in [5.41, 5.74) is 1.61. The first-order chi connectivity index (χ1) is 10.6. The van der Waals surface area contributed by atoms with Gasteiger partial charge in [0.1, 0.15) is 0 Å². The number of nitrogens with zero attached hydrogens (tertiary/aromatic N) is 2. The fourth-order valence-electron chi connectivity index (χ4n) is 2.10. The van der Waals surface area contributed by atoms with Crippen molar-refractivity contribution in [2.24, 2.45) is 0 Å². The topological polar surface area (TPSA) is 83.6 Å². The Labute approximate surface area is 128 Å². The fraction of sp³-hybridized carbons (Fsp3) is 0.312. The van der Waals surface area contributed by atoms with Crippen LogP contribution >= 0.6 is 0 Å². The highest BCUT2D eigenvalue weighted by atomic mass is 16.5. The zero-order valence-electron chi connectivity index (χ0n) is 12.4. The number of carbonyl (C=O) groups excluding carboxylic acids is 1. The van der Waals surface area contributed by atoms with Gasteiger partial charge in [0, 0.05) is 25.6 Å². The lowest BCUT2D eigenvalue weighted by Gasteiger charge is -2.21. The molecule has 0 unspecified atom stereocenters. The van der Waals surface area contributed by atoms with Gasteiger partial charge < -0.3 is 14.5 Å². The first-order valence-corrected chi connectivity index (χ1v) is 7.04. The maximum absolute atomic E-state index is 12.5. The summed E-state index contributed by atoms with van der Waals surface area (Å²) in [6.07, 6.45) is 0.412. The van der Waals surface area contributed by atoms with E-state index in [9.17, 15) is 9.59 Å². The summed E-state index contributed by atoms with van der Waals surface area (Å²) in [5, 5.41) is 12.5. The molecule has 0 radical (unpaired) electrons. The third-order valence-electron chi connectivity index (χ3n) is 3.16. The molecule has 0 aliphatic heterocycles. The summed E-state index contributed by atoms with van der Waals surface area (Å²) in [5.74, 6) is -0.985. The van der Waals surface area contributed by atoms with Crippen molar-refractivity contribution in [3.05, 3.63) is 53.4 Å². The van der Waals surface area contributed by atoms with Crippen LogP contribution in [0.3, 0.4) is 0 Å². The molecule has 6 heteroatoms. The Morgan fingerprint density at radius 3 is 2.59 bits per heavy atom. The third kappa shape index (κ3) is 4.44. The Balaban J connectivity index is 2.09. The molecule has 22 heavy (non-hydrogen) atoms. The Hall–Kier alpha value is -2.63. The van der Waals surface area contributed by atoms with E-state index in [1.807, 2.05) is 30.3 Å². The molecule has 0 saturated carbocycles. The number of aliphatic carboxylic acids is 1. The number of aromatic nitrogens is 1. The molecule has 0 atom stereocenters. The first-order valence-electron chi connectivity index (χ1n) is 7.04. The third-order valence-corrected chi connectivity index (χ3v) is 3.16. The molecule has 6 nitrogen and oxygen atoms in total. The van der Waals surface area contributed by atoms with Crippen LogP contribution in [0.5, 0.6) is 0 Å². The Morgan fingerprint density at radius 1 is 1.27 bits per heavy atom. The molecular weight excluding hydrogens is 284 g/mol. The smallest absolute Gasteiger partial charge is 0.303 e. The fourth-order valence-corrected chi connectivity index (χ4v) is 2.10. The van der Waals surface area contributed by atoms with Crippen LogP contribution in [0.15, 0.2) is 40.9 Å².